The van der Waals surface area contributed by atoms with Crippen molar-refractivity contribution in [1.82, 2.24) is 9.88 Å². The quantitative estimate of drug-likeness (QED) is 0.878. The van der Waals surface area contributed by atoms with E-state index in [9.17, 15) is 9.59 Å². The molecule has 21 heavy (non-hydrogen) atoms. The molecule has 0 saturated heterocycles. The number of nitrogens with one attached hydrogen (secondary N) is 1. The maximum absolute atomic E-state index is 12.4. The Morgan fingerprint density at radius 2 is 2.14 bits per heavy atom. The monoisotopic (exact) mass is 307 g/mol. The topological polar surface area (TPSA) is 62.3 Å². The molecule has 0 aliphatic heterocycles. The maximum Gasteiger partial charge on any atom is 0.245 e. The molecule has 0 unspecified atom stereocenters. The Bertz CT molecular complexity index is 535. The Kier molecular flexibility index (Phi) is 4.24. The average molecular weight is 307 g/mol. The van der Waals surface area contributed by atoms with Crippen molar-refractivity contribution >= 4 is 28.3 Å². The summed E-state index contributed by atoms with van der Waals surface area (Å²) >= 11 is 1.45. The molecule has 114 valence electrons. The van der Waals surface area contributed by atoms with E-state index in [-0.39, 0.29) is 24.3 Å². The summed E-state index contributed by atoms with van der Waals surface area (Å²) in [5, 5.41) is 3.40. The lowest BCUT2D eigenvalue weighted by atomic mass is 9.84. The van der Waals surface area contributed by atoms with Gasteiger partial charge in [0.15, 0.2) is 5.13 Å². The van der Waals surface area contributed by atoms with Gasteiger partial charge in [0.2, 0.25) is 11.8 Å². The Morgan fingerprint density at radius 3 is 2.67 bits per heavy atom. The molecule has 1 N–H and O–H groups in total. The number of hydrogen-bond acceptors (Lipinski definition) is 4. The van der Waals surface area contributed by atoms with E-state index < -0.39 is 0 Å². The Hall–Kier alpha value is -1.43. The smallest absolute Gasteiger partial charge is 0.245 e. The lowest BCUT2D eigenvalue weighted by molar-refractivity contribution is -0.141. The van der Waals surface area contributed by atoms with Crippen LogP contribution in [0.1, 0.15) is 37.0 Å². The van der Waals surface area contributed by atoms with Crippen molar-refractivity contribution < 1.29 is 9.59 Å². The number of aromatic nitrogens is 1. The van der Waals surface area contributed by atoms with E-state index in [0.717, 1.165) is 30.7 Å². The molecule has 3 rings (SSSR count). The largest absolute Gasteiger partial charge is 0.333 e. The molecule has 0 bridgehead atoms. The Balaban J connectivity index is 1.57. The molecule has 6 heteroatoms. The highest BCUT2D eigenvalue weighted by atomic mass is 32.1. The van der Waals surface area contributed by atoms with Crippen LogP contribution in [0.15, 0.2) is 6.20 Å². The first kappa shape index (κ1) is 14.5. The van der Waals surface area contributed by atoms with Gasteiger partial charge in [0.05, 0.1) is 6.54 Å². The number of aryl methyl sites for hydroxylation is 1. The van der Waals surface area contributed by atoms with Gasteiger partial charge in [-0.3, -0.25) is 9.59 Å². The molecule has 0 radical (unpaired) electrons. The number of anilines is 1. The molecule has 0 spiro atoms. The van der Waals surface area contributed by atoms with Crippen LogP contribution in [0.3, 0.4) is 0 Å². The van der Waals surface area contributed by atoms with E-state index in [4.69, 9.17) is 0 Å². The fraction of sp³-hybridized carbons (Fsp3) is 0.667. The first-order chi connectivity index (χ1) is 10.1. The second kappa shape index (κ2) is 6.13. The lowest BCUT2D eigenvalue weighted by Crippen LogP contribution is -2.44. The van der Waals surface area contributed by atoms with Crippen molar-refractivity contribution in [3.05, 3.63) is 11.1 Å². The van der Waals surface area contributed by atoms with Gasteiger partial charge in [-0.05, 0) is 38.5 Å². The van der Waals surface area contributed by atoms with Gasteiger partial charge < -0.3 is 10.2 Å². The molecule has 2 saturated carbocycles. The summed E-state index contributed by atoms with van der Waals surface area (Å²) in [6.45, 7) is 2.84. The molecule has 1 heterocycles. The molecule has 0 atom stereocenters. The van der Waals surface area contributed by atoms with Gasteiger partial charge in [-0.2, -0.15) is 0 Å². The molecule has 1 aromatic heterocycles. The van der Waals surface area contributed by atoms with Crippen LogP contribution in [0.5, 0.6) is 0 Å². The molecule has 2 fully saturated rings. The van der Waals surface area contributed by atoms with Crippen molar-refractivity contribution in [2.45, 2.75) is 39.0 Å². The van der Waals surface area contributed by atoms with Crippen LogP contribution in [0.4, 0.5) is 5.13 Å². The number of rotatable bonds is 6. The highest BCUT2D eigenvalue weighted by Gasteiger charge is 2.33. The summed E-state index contributed by atoms with van der Waals surface area (Å²) in [6.07, 6.45) is 7.20. The van der Waals surface area contributed by atoms with E-state index in [1.54, 1.807) is 11.1 Å². The lowest BCUT2D eigenvalue weighted by Gasteiger charge is -2.31. The van der Waals surface area contributed by atoms with Gasteiger partial charge in [0, 0.05) is 23.5 Å². The molecular formula is C15H21N3O2S. The van der Waals surface area contributed by atoms with Gasteiger partial charge in [-0.15, -0.1) is 11.3 Å². The minimum absolute atomic E-state index is 0.141. The van der Waals surface area contributed by atoms with Gasteiger partial charge in [0.1, 0.15) is 0 Å². The van der Waals surface area contributed by atoms with Gasteiger partial charge in [-0.1, -0.05) is 6.42 Å². The molecule has 2 aliphatic carbocycles. The molecule has 5 nitrogen and oxygen atoms in total. The third-order valence-corrected chi connectivity index (χ3v) is 4.97. The van der Waals surface area contributed by atoms with Crippen LogP contribution >= 0.6 is 11.3 Å². The second-order valence-electron chi connectivity index (χ2n) is 6.11. The molecule has 0 aromatic carbocycles. The summed E-state index contributed by atoms with van der Waals surface area (Å²) in [5.74, 6) is 0.777. The third-order valence-electron chi connectivity index (χ3n) is 4.14. The normalized spacial score (nSPS) is 18.1. The number of amides is 2. The number of carbonyl (C=O) groups excluding carboxylic acids is 2. The van der Waals surface area contributed by atoms with Crippen LogP contribution in [0, 0.1) is 18.8 Å². The molecule has 2 aliphatic rings. The summed E-state index contributed by atoms with van der Waals surface area (Å²) in [5.41, 5.74) is 0. The highest BCUT2D eigenvalue weighted by molar-refractivity contribution is 7.15. The van der Waals surface area contributed by atoms with Crippen LogP contribution < -0.4 is 5.32 Å². The fourth-order valence-electron chi connectivity index (χ4n) is 2.50. The van der Waals surface area contributed by atoms with E-state index in [0.29, 0.717) is 11.0 Å². The van der Waals surface area contributed by atoms with Crippen LogP contribution in [0.25, 0.3) is 0 Å². The van der Waals surface area contributed by atoms with Crippen LogP contribution in [0.2, 0.25) is 0 Å². The van der Waals surface area contributed by atoms with E-state index in [2.05, 4.69) is 10.3 Å². The third kappa shape index (κ3) is 3.81. The highest BCUT2D eigenvalue weighted by Crippen LogP contribution is 2.33. The summed E-state index contributed by atoms with van der Waals surface area (Å²) in [6, 6.07) is 0. The van der Waals surface area contributed by atoms with Crippen LogP contribution in [-0.4, -0.2) is 34.8 Å². The average Bonchev–Trinajstić information content (AvgIpc) is 3.09. The van der Waals surface area contributed by atoms with E-state index >= 15 is 0 Å². The van der Waals surface area contributed by atoms with Crippen molar-refractivity contribution in [3.8, 4) is 0 Å². The van der Waals surface area contributed by atoms with Crippen molar-refractivity contribution in [3.63, 3.8) is 0 Å². The number of nitrogens with zero attached hydrogens (tertiary/aromatic N) is 2. The predicted molar refractivity (Wildman–Crippen MR) is 82.1 cm³/mol. The van der Waals surface area contributed by atoms with Gasteiger partial charge in [0.25, 0.3) is 0 Å². The number of carbonyl (C=O) groups is 2. The molecule has 1 aromatic rings. The maximum atomic E-state index is 12.4. The summed E-state index contributed by atoms with van der Waals surface area (Å²) < 4.78 is 0. The zero-order valence-electron chi connectivity index (χ0n) is 12.3. The standard InChI is InChI=1S/C15H21N3O2S/c1-10-7-16-15(21-10)17-13(19)9-18(8-11-5-6-11)14(20)12-3-2-4-12/h7,11-12H,2-6,8-9H2,1H3,(H,16,17,19). The first-order valence-electron chi connectivity index (χ1n) is 7.63. The molecular weight excluding hydrogens is 286 g/mol. The van der Waals surface area contributed by atoms with Crippen molar-refractivity contribution in [1.29, 1.82) is 0 Å². The Morgan fingerprint density at radius 1 is 1.38 bits per heavy atom. The van der Waals surface area contributed by atoms with Gasteiger partial charge in [-0.25, -0.2) is 4.98 Å². The zero-order chi connectivity index (χ0) is 14.8. The van der Waals surface area contributed by atoms with E-state index in [1.807, 2.05) is 6.92 Å². The van der Waals surface area contributed by atoms with Gasteiger partial charge >= 0.3 is 0 Å². The van der Waals surface area contributed by atoms with Crippen molar-refractivity contribution in [2.75, 3.05) is 18.4 Å². The van der Waals surface area contributed by atoms with Crippen LogP contribution in [-0.2, 0) is 9.59 Å². The first-order valence-corrected chi connectivity index (χ1v) is 8.44. The molecule has 2 amide bonds. The van der Waals surface area contributed by atoms with Crippen molar-refractivity contribution in [2.24, 2.45) is 11.8 Å². The summed E-state index contributed by atoms with van der Waals surface area (Å²) in [7, 11) is 0. The minimum atomic E-state index is -0.141. The minimum Gasteiger partial charge on any atom is -0.333 e. The number of hydrogen-bond donors (Lipinski definition) is 1. The summed E-state index contributed by atoms with van der Waals surface area (Å²) in [4.78, 5) is 31.5. The van der Waals surface area contributed by atoms with E-state index in [1.165, 1.54) is 24.2 Å². The zero-order valence-corrected chi connectivity index (χ0v) is 13.1. The fourth-order valence-corrected chi connectivity index (χ4v) is 3.18. The SMILES string of the molecule is Cc1cnc(NC(=O)CN(CC2CC2)C(=O)C2CCC2)s1. The number of thiazole rings is 1. The Labute approximate surface area is 128 Å². The second-order valence-corrected chi connectivity index (χ2v) is 7.35. The predicted octanol–water partition coefficient (Wildman–Crippen LogP) is 2.43.